The first-order valence-corrected chi connectivity index (χ1v) is 13.4. The van der Waals surface area contributed by atoms with Gasteiger partial charge in [0.15, 0.2) is 16.8 Å². The number of ketones is 1. The smallest absolute Gasteiger partial charge is 0.343 e. The van der Waals surface area contributed by atoms with Crippen molar-refractivity contribution in [3.05, 3.63) is 46.1 Å². The van der Waals surface area contributed by atoms with E-state index in [9.17, 15) is 33.2 Å². The van der Waals surface area contributed by atoms with Crippen molar-refractivity contribution in [1.29, 1.82) is 0 Å². The molecule has 1 aromatic heterocycles. The zero-order valence-electron chi connectivity index (χ0n) is 21.0. The number of hydrogen-bond acceptors (Lipinski definition) is 8. The fraction of sp³-hybridized carbons (Fsp3) is 0.478. The lowest BCUT2D eigenvalue weighted by molar-refractivity contribution is -0.670. The molecular formula is C23H31N7O7S. The molecule has 3 rings (SSSR count). The average Bonchev–Trinajstić information content (AvgIpc) is 2.84. The number of nitrogens with zero attached hydrogens (tertiary/aromatic N) is 4. The molecule has 1 saturated heterocycles. The zero-order valence-corrected chi connectivity index (χ0v) is 21.8. The number of pyridine rings is 1. The highest BCUT2D eigenvalue weighted by Crippen LogP contribution is 2.35. The highest BCUT2D eigenvalue weighted by Gasteiger charge is 2.61. The van der Waals surface area contributed by atoms with E-state index in [-0.39, 0.29) is 54.6 Å². The third kappa shape index (κ3) is 5.83. The van der Waals surface area contributed by atoms with E-state index in [0.29, 0.717) is 16.8 Å². The number of hydrogen-bond donors (Lipinski definition) is 4. The number of hydrazine groups is 1. The summed E-state index contributed by atoms with van der Waals surface area (Å²) in [5.41, 5.74) is 9.07. The van der Waals surface area contributed by atoms with Gasteiger partial charge in [-0.15, -0.1) is 5.01 Å². The van der Waals surface area contributed by atoms with E-state index in [2.05, 4.69) is 14.7 Å². The van der Waals surface area contributed by atoms with Gasteiger partial charge in [0.2, 0.25) is 10.0 Å². The fourth-order valence-electron chi connectivity index (χ4n) is 4.74. The average molecular weight is 550 g/mol. The van der Waals surface area contributed by atoms with E-state index >= 15 is 0 Å². The summed E-state index contributed by atoms with van der Waals surface area (Å²) in [5, 5.41) is 22.0. The summed E-state index contributed by atoms with van der Waals surface area (Å²) < 4.78 is 29.4. The molecule has 0 amide bonds. The van der Waals surface area contributed by atoms with Crippen LogP contribution in [0.1, 0.15) is 38.2 Å². The van der Waals surface area contributed by atoms with Crippen molar-refractivity contribution in [1.82, 2.24) is 14.7 Å². The maximum atomic E-state index is 13.9. The standard InChI is InChI=1S/C23H31N7O7S/c1-14-8-10-29(30(34)35)23(12-14,21(32)33)20(31)17(6-4-9-26-22(24)25)28-38(36,37)18-7-3-5-16-11-15(2)13-27-19(16)18/h3,5,7,11,13-14,17,28H,4,6,8-10,12H2,1-2H3,(H,32,33)(H4,24,25,26)/t14-,17+,23-/m1/s1. The number of fused-ring (bicyclic) bond motifs is 1. The molecule has 0 aliphatic carbocycles. The second-order valence-corrected chi connectivity index (χ2v) is 11.1. The van der Waals surface area contributed by atoms with E-state index in [1.54, 1.807) is 26.0 Å². The Kier molecular flexibility index (Phi) is 8.51. The van der Waals surface area contributed by atoms with Gasteiger partial charge in [-0.3, -0.25) is 14.8 Å². The predicted molar refractivity (Wildman–Crippen MR) is 138 cm³/mol. The van der Waals surface area contributed by atoms with Gasteiger partial charge >= 0.3 is 5.97 Å². The second-order valence-electron chi connectivity index (χ2n) is 9.45. The molecule has 38 heavy (non-hydrogen) atoms. The quantitative estimate of drug-likeness (QED) is 0.0756. The Balaban J connectivity index is 2.07. The number of para-hydroxylation sites is 1. The van der Waals surface area contributed by atoms with Crippen LogP contribution in [0.15, 0.2) is 40.4 Å². The number of benzene rings is 1. The zero-order chi connectivity index (χ0) is 28.3. The SMILES string of the molecule is Cc1cnc2c(S(=O)(=O)N[C@@H](CCCN=C(N)N)C(=O)[C@@]3(C(=O)O)C[C@H](C)CCN3[N+](=O)[O-])cccc2c1. The van der Waals surface area contributed by atoms with Crippen molar-refractivity contribution in [3.8, 4) is 0 Å². The van der Waals surface area contributed by atoms with E-state index in [1.807, 2.05) is 0 Å². The van der Waals surface area contributed by atoms with Gasteiger partial charge in [0.05, 0.1) is 18.1 Å². The number of nitro groups is 1. The molecular weight excluding hydrogens is 518 g/mol. The Labute approximate surface area is 219 Å². The topological polar surface area (TPSA) is 224 Å². The largest absolute Gasteiger partial charge is 0.479 e. The van der Waals surface area contributed by atoms with Gasteiger partial charge < -0.3 is 16.6 Å². The normalized spacial score (nSPS) is 20.6. The molecule has 0 radical (unpaired) electrons. The molecule has 1 aromatic carbocycles. The molecule has 1 aliphatic rings. The maximum Gasteiger partial charge on any atom is 0.343 e. The summed E-state index contributed by atoms with van der Waals surface area (Å²) in [6.07, 6.45) is 1.32. The number of carboxylic acid groups (broad SMARTS) is 1. The molecule has 0 saturated carbocycles. The Hall–Kier alpha value is -3.85. The highest BCUT2D eigenvalue weighted by molar-refractivity contribution is 7.89. The molecule has 3 atom stereocenters. The van der Waals surface area contributed by atoms with E-state index in [1.165, 1.54) is 18.3 Å². The molecule has 2 aromatic rings. The third-order valence-electron chi connectivity index (χ3n) is 6.54. The molecule has 0 spiro atoms. The summed E-state index contributed by atoms with van der Waals surface area (Å²) in [6, 6.07) is 4.64. The van der Waals surface area contributed by atoms with Crippen LogP contribution in [0.25, 0.3) is 10.9 Å². The third-order valence-corrected chi connectivity index (χ3v) is 8.04. The number of nitrogens with one attached hydrogen (secondary N) is 1. The van der Waals surface area contributed by atoms with Crippen molar-refractivity contribution in [2.75, 3.05) is 13.1 Å². The number of nitrogens with two attached hydrogens (primary N) is 2. The first-order chi connectivity index (χ1) is 17.8. The van der Waals surface area contributed by atoms with Gasteiger partial charge in [-0.2, -0.15) is 0 Å². The van der Waals surface area contributed by atoms with Crippen LogP contribution in [0.4, 0.5) is 0 Å². The van der Waals surface area contributed by atoms with Crippen molar-refractivity contribution in [2.24, 2.45) is 22.4 Å². The number of aryl methyl sites for hydroxylation is 1. The minimum atomic E-state index is -4.44. The Morgan fingerprint density at radius 2 is 2.11 bits per heavy atom. The number of aliphatic carboxylic acids is 1. The lowest BCUT2D eigenvalue weighted by Gasteiger charge is -2.40. The summed E-state index contributed by atoms with van der Waals surface area (Å²) >= 11 is 0. The van der Waals surface area contributed by atoms with Crippen molar-refractivity contribution >= 4 is 38.6 Å². The van der Waals surface area contributed by atoms with Crippen LogP contribution in [0.2, 0.25) is 0 Å². The number of carbonyl (C=O) groups is 2. The van der Waals surface area contributed by atoms with Crippen molar-refractivity contribution in [2.45, 2.75) is 56.0 Å². The predicted octanol–water partition coefficient (Wildman–Crippen LogP) is 0.560. The van der Waals surface area contributed by atoms with E-state index in [0.717, 1.165) is 5.56 Å². The number of aromatic nitrogens is 1. The number of sulfonamides is 1. The number of Topliss-reactive ketones (excluding diaryl/α,β-unsaturated/α-hetero) is 1. The molecule has 0 bridgehead atoms. The summed E-state index contributed by atoms with van der Waals surface area (Å²) in [7, 11) is -4.44. The van der Waals surface area contributed by atoms with Crippen LogP contribution in [0, 0.1) is 23.0 Å². The van der Waals surface area contributed by atoms with Crippen LogP contribution in [-0.4, -0.2) is 70.9 Å². The minimum Gasteiger partial charge on any atom is -0.479 e. The Morgan fingerprint density at radius 3 is 2.74 bits per heavy atom. The number of piperidine rings is 1. The van der Waals surface area contributed by atoms with Crippen molar-refractivity contribution < 1.29 is 28.1 Å². The molecule has 1 fully saturated rings. The Bertz CT molecular complexity index is 1380. The van der Waals surface area contributed by atoms with E-state index < -0.39 is 38.4 Å². The fourth-order valence-corrected chi connectivity index (χ4v) is 6.15. The minimum absolute atomic E-state index is 0.0262. The van der Waals surface area contributed by atoms with Crippen LogP contribution in [0.5, 0.6) is 0 Å². The molecule has 2 heterocycles. The second kappa shape index (κ2) is 11.3. The van der Waals surface area contributed by atoms with Crippen LogP contribution in [-0.2, 0) is 19.6 Å². The van der Waals surface area contributed by atoms with Crippen LogP contribution in [0.3, 0.4) is 0 Å². The van der Waals surface area contributed by atoms with Crippen molar-refractivity contribution in [3.63, 3.8) is 0 Å². The number of guanidine groups is 1. The Morgan fingerprint density at radius 1 is 1.39 bits per heavy atom. The van der Waals surface area contributed by atoms with Gasteiger partial charge in [-0.1, -0.05) is 19.1 Å². The van der Waals surface area contributed by atoms with E-state index in [4.69, 9.17) is 11.5 Å². The maximum absolute atomic E-state index is 13.9. The highest BCUT2D eigenvalue weighted by atomic mass is 32.2. The molecule has 14 nitrogen and oxygen atoms in total. The molecule has 15 heteroatoms. The van der Waals surface area contributed by atoms with Gasteiger partial charge in [0.1, 0.15) is 4.90 Å². The monoisotopic (exact) mass is 549 g/mol. The number of carbonyl (C=O) groups excluding carboxylic acids is 1. The first kappa shape index (κ1) is 28.7. The lowest BCUT2D eigenvalue weighted by atomic mass is 9.76. The number of carboxylic acids is 1. The number of aliphatic imine (C=N–C) groups is 1. The van der Waals surface area contributed by atoms with Gasteiger partial charge in [-0.05, 0) is 56.2 Å². The molecule has 1 aliphatic heterocycles. The van der Waals surface area contributed by atoms with Gasteiger partial charge in [-0.25, -0.2) is 28.0 Å². The molecule has 6 N–H and O–H groups in total. The van der Waals surface area contributed by atoms with Gasteiger partial charge in [0.25, 0.3) is 5.54 Å². The molecule has 0 unspecified atom stereocenters. The number of rotatable bonds is 11. The van der Waals surface area contributed by atoms with Crippen LogP contribution >= 0.6 is 0 Å². The van der Waals surface area contributed by atoms with Crippen LogP contribution < -0.4 is 16.2 Å². The summed E-state index contributed by atoms with van der Waals surface area (Å²) in [6.45, 7) is 3.23. The lowest BCUT2D eigenvalue weighted by Crippen LogP contribution is -2.68. The summed E-state index contributed by atoms with van der Waals surface area (Å²) in [4.78, 5) is 46.1. The first-order valence-electron chi connectivity index (χ1n) is 11.9. The summed E-state index contributed by atoms with van der Waals surface area (Å²) in [5.74, 6) is -3.41. The molecule has 206 valence electrons. The van der Waals surface area contributed by atoms with Gasteiger partial charge in [0, 0.05) is 18.1 Å².